The molecule has 2 amide bonds. The summed E-state index contributed by atoms with van der Waals surface area (Å²) < 4.78 is 9.87. The summed E-state index contributed by atoms with van der Waals surface area (Å²) in [7, 11) is 4.55. The number of amides is 2. The number of rotatable bonds is 4. The van der Waals surface area contributed by atoms with Crippen LogP contribution in [0.5, 0.6) is 0 Å². The van der Waals surface area contributed by atoms with E-state index in [1.807, 2.05) is 0 Å². The van der Waals surface area contributed by atoms with E-state index >= 15 is 0 Å². The Morgan fingerprint density at radius 2 is 1.72 bits per heavy atom. The van der Waals surface area contributed by atoms with Gasteiger partial charge in [0.15, 0.2) is 0 Å². The van der Waals surface area contributed by atoms with Crippen molar-refractivity contribution in [3.63, 3.8) is 0 Å². The highest BCUT2D eigenvalue weighted by molar-refractivity contribution is 5.95. The van der Waals surface area contributed by atoms with Crippen molar-refractivity contribution in [2.75, 3.05) is 27.8 Å². The van der Waals surface area contributed by atoms with Crippen molar-refractivity contribution in [2.24, 2.45) is 0 Å². The predicted molar refractivity (Wildman–Crippen MR) is 90.8 cm³/mol. The summed E-state index contributed by atoms with van der Waals surface area (Å²) in [6.45, 7) is 3.69. The molecular weight excluding hydrogens is 324 g/mol. The summed E-state index contributed by atoms with van der Waals surface area (Å²) >= 11 is 0. The number of likely N-dealkylation sites (N-methyl/N-ethyl adjacent to an activating group) is 1. The topological polar surface area (TPSA) is 76.2 Å². The van der Waals surface area contributed by atoms with Crippen LogP contribution in [0, 0.1) is 0 Å². The summed E-state index contributed by atoms with van der Waals surface area (Å²) in [5.74, 6) is -0.912. The van der Waals surface area contributed by atoms with Crippen LogP contribution in [0.25, 0.3) is 0 Å². The van der Waals surface area contributed by atoms with Crippen LogP contribution in [0.4, 0.5) is 4.79 Å². The molecule has 1 aliphatic heterocycles. The number of esters is 2. The largest absolute Gasteiger partial charge is 0.465 e. The minimum absolute atomic E-state index is 0.229. The first kappa shape index (κ1) is 18.5. The zero-order valence-electron chi connectivity index (χ0n) is 15.0. The summed E-state index contributed by atoms with van der Waals surface area (Å²) in [5.41, 5.74) is 2.05. The van der Waals surface area contributed by atoms with Crippen LogP contribution in [-0.2, 0) is 14.3 Å². The van der Waals surface area contributed by atoms with Crippen LogP contribution in [0.3, 0.4) is 0 Å². The molecule has 25 heavy (non-hydrogen) atoms. The number of urea groups is 1. The van der Waals surface area contributed by atoms with Crippen molar-refractivity contribution in [1.29, 1.82) is 0 Å². The van der Waals surface area contributed by atoms with Crippen LogP contribution in [0.2, 0.25) is 0 Å². The van der Waals surface area contributed by atoms with Gasteiger partial charge in [-0.1, -0.05) is 12.1 Å². The van der Waals surface area contributed by atoms with Crippen molar-refractivity contribution >= 4 is 18.0 Å². The predicted octanol–water partition coefficient (Wildman–Crippen LogP) is 2.35. The van der Waals surface area contributed by atoms with E-state index in [9.17, 15) is 14.4 Å². The first-order valence-corrected chi connectivity index (χ1v) is 7.90. The Morgan fingerprint density at radius 3 is 2.24 bits per heavy atom. The lowest BCUT2D eigenvalue weighted by Gasteiger charge is -2.39. The fourth-order valence-corrected chi connectivity index (χ4v) is 2.84. The molecule has 0 fully saturated rings. The smallest absolute Gasteiger partial charge is 0.338 e. The Labute approximate surface area is 146 Å². The number of benzene rings is 1. The van der Waals surface area contributed by atoms with E-state index in [4.69, 9.17) is 4.74 Å². The highest BCUT2D eigenvalue weighted by atomic mass is 16.5. The molecule has 1 heterocycles. The monoisotopic (exact) mass is 346 g/mol. The summed E-state index contributed by atoms with van der Waals surface area (Å²) in [6.07, 6.45) is 0. The SMILES string of the molecule is CCOC(=O)C1=C(C)N(C)C(=O)N(C)C1c1ccc(C(=O)OC)cc1. The van der Waals surface area contributed by atoms with Gasteiger partial charge in [-0.15, -0.1) is 0 Å². The third-order valence-corrected chi connectivity index (χ3v) is 4.29. The molecule has 1 aromatic rings. The fraction of sp³-hybridized carbons (Fsp3) is 0.389. The van der Waals surface area contributed by atoms with Gasteiger partial charge in [-0.25, -0.2) is 14.4 Å². The minimum Gasteiger partial charge on any atom is -0.465 e. The van der Waals surface area contributed by atoms with Gasteiger partial charge >= 0.3 is 18.0 Å². The average Bonchev–Trinajstić information content (AvgIpc) is 2.62. The molecule has 0 bridgehead atoms. The van der Waals surface area contributed by atoms with Gasteiger partial charge in [0.1, 0.15) is 0 Å². The van der Waals surface area contributed by atoms with Gasteiger partial charge in [0, 0.05) is 19.8 Å². The van der Waals surface area contributed by atoms with Gasteiger partial charge in [0.2, 0.25) is 0 Å². The molecule has 0 spiro atoms. The number of carbonyl (C=O) groups excluding carboxylic acids is 3. The molecule has 0 aliphatic carbocycles. The van der Waals surface area contributed by atoms with Crippen LogP contribution in [0.15, 0.2) is 35.5 Å². The number of ether oxygens (including phenoxy) is 2. The quantitative estimate of drug-likeness (QED) is 0.782. The lowest BCUT2D eigenvalue weighted by Crippen LogP contribution is -2.47. The maximum absolute atomic E-state index is 12.5. The maximum atomic E-state index is 12.5. The fourth-order valence-electron chi connectivity index (χ4n) is 2.84. The van der Waals surface area contributed by atoms with Crippen LogP contribution >= 0.6 is 0 Å². The molecule has 134 valence electrons. The Kier molecular flexibility index (Phi) is 5.46. The van der Waals surface area contributed by atoms with Crippen LogP contribution in [-0.4, -0.2) is 55.6 Å². The number of carbonyl (C=O) groups is 3. The molecule has 2 rings (SSSR count). The molecule has 7 heteroatoms. The molecule has 1 aliphatic rings. The highest BCUT2D eigenvalue weighted by Crippen LogP contribution is 2.36. The van der Waals surface area contributed by atoms with Crippen LogP contribution < -0.4 is 0 Å². The van der Waals surface area contributed by atoms with E-state index in [-0.39, 0.29) is 12.6 Å². The number of hydrogen-bond donors (Lipinski definition) is 0. The summed E-state index contributed by atoms with van der Waals surface area (Å²) in [4.78, 5) is 39.4. The Hall–Kier alpha value is -2.83. The number of nitrogens with zero attached hydrogens (tertiary/aromatic N) is 2. The molecular formula is C18H22N2O5. The van der Waals surface area contributed by atoms with E-state index < -0.39 is 18.0 Å². The van der Waals surface area contributed by atoms with E-state index in [2.05, 4.69) is 4.74 Å². The van der Waals surface area contributed by atoms with E-state index in [1.165, 1.54) is 16.9 Å². The Balaban J connectivity index is 2.52. The molecule has 0 saturated heterocycles. The summed E-state index contributed by atoms with van der Waals surface area (Å²) in [6, 6.07) is 5.81. The first-order chi connectivity index (χ1) is 11.8. The van der Waals surface area contributed by atoms with Crippen molar-refractivity contribution in [3.05, 3.63) is 46.7 Å². The van der Waals surface area contributed by atoms with Gasteiger partial charge < -0.3 is 19.3 Å². The van der Waals surface area contributed by atoms with Gasteiger partial charge in [-0.3, -0.25) is 0 Å². The van der Waals surface area contributed by atoms with E-state index in [0.29, 0.717) is 22.4 Å². The van der Waals surface area contributed by atoms with Gasteiger partial charge in [-0.2, -0.15) is 0 Å². The zero-order valence-corrected chi connectivity index (χ0v) is 15.0. The molecule has 0 radical (unpaired) electrons. The van der Waals surface area contributed by atoms with E-state index in [1.54, 1.807) is 52.2 Å². The second kappa shape index (κ2) is 7.38. The molecule has 1 atom stereocenters. The van der Waals surface area contributed by atoms with Gasteiger partial charge in [0.05, 0.1) is 30.9 Å². The van der Waals surface area contributed by atoms with Crippen molar-refractivity contribution in [1.82, 2.24) is 9.80 Å². The van der Waals surface area contributed by atoms with E-state index in [0.717, 1.165) is 0 Å². The van der Waals surface area contributed by atoms with Crippen molar-refractivity contribution < 1.29 is 23.9 Å². The molecule has 7 nitrogen and oxygen atoms in total. The maximum Gasteiger partial charge on any atom is 0.338 e. The lowest BCUT2D eigenvalue weighted by molar-refractivity contribution is -0.139. The number of hydrogen-bond acceptors (Lipinski definition) is 5. The average molecular weight is 346 g/mol. The molecule has 0 saturated carbocycles. The minimum atomic E-state index is -0.588. The van der Waals surface area contributed by atoms with Crippen LogP contribution in [0.1, 0.15) is 35.8 Å². The molecule has 0 aromatic heterocycles. The molecule has 1 aromatic carbocycles. The lowest BCUT2D eigenvalue weighted by atomic mass is 9.93. The molecule has 0 N–H and O–H groups in total. The first-order valence-electron chi connectivity index (χ1n) is 7.90. The summed E-state index contributed by atoms with van der Waals surface area (Å²) in [5, 5.41) is 0. The molecule has 1 unspecified atom stereocenters. The normalized spacial score (nSPS) is 17.6. The zero-order chi connectivity index (χ0) is 18.7. The Morgan fingerprint density at radius 1 is 1.12 bits per heavy atom. The van der Waals surface area contributed by atoms with Crippen molar-refractivity contribution in [3.8, 4) is 0 Å². The standard InChI is InChI=1S/C18H22N2O5/c1-6-25-17(22)14-11(2)19(3)18(23)20(4)15(14)12-7-9-13(10-8-12)16(21)24-5/h7-10,15H,6H2,1-5H3. The number of allylic oxidation sites excluding steroid dienone is 1. The third-order valence-electron chi connectivity index (χ3n) is 4.29. The second-order valence-corrected chi connectivity index (χ2v) is 5.69. The second-order valence-electron chi connectivity index (χ2n) is 5.69. The number of methoxy groups -OCH3 is 1. The third kappa shape index (κ3) is 3.35. The van der Waals surface area contributed by atoms with Gasteiger partial charge in [0.25, 0.3) is 0 Å². The Bertz CT molecular complexity index is 723. The van der Waals surface area contributed by atoms with Crippen molar-refractivity contribution in [2.45, 2.75) is 19.9 Å². The van der Waals surface area contributed by atoms with Gasteiger partial charge in [-0.05, 0) is 31.5 Å². The highest BCUT2D eigenvalue weighted by Gasteiger charge is 2.39.